The van der Waals surface area contributed by atoms with Crippen LogP contribution in [0.15, 0.2) is 60.9 Å². The fourth-order valence-corrected chi connectivity index (χ4v) is 5.26. The van der Waals surface area contributed by atoms with E-state index < -0.39 is 5.97 Å². The highest BCUT2D eigenvalue weighted by atomic mass is 16.4. The summed E-state index contributed by atoms with van der Waals surface area (Å²) in [5.41, 5.74) is 7.27. The van der Waals surface area contributed by atoms with Gasteiger partial charge >= 0.3 is 5.97 Å². The van der Waals surface area contributed by atoms with Crippen LogP contribution in [0, 0.1) is 5.92 Å². The zero-order valence-corrected chi connectivity index (χ0v) is 20.6. The third kappa shape index (κ3) is 5.03. The van der Waals surface area contributed by atoms with Crippen molar-refractivity contribution in [1.29, 1.82) is 0 Å². The number of carboxylic acid groups (broad SMARTS) is 1. The van der Waals surface area contributed by atoms with Gasteiger partial charge in [-0.15, -0.1) is 0 Å². The van der Waals surface area contributed by atoms with E-state index in [4.69, 9.17) is 0 Å². The maximum atomic E-state index is 11.6. The van der Waals surface area contributed by atoms with Crippen LogP contribution in [-0.2, 0) is 12.8 Å². The standard InChI is InChI=1S/C29H34N4O2/c1-32-15-13-22-17-24(33(2)23-8-6-21(7-9-23)16-20-4-3-5-20)10-11-25(22)28(32)19-31-27-18-30-14-12-26(27)29(34)35/h6-12,14,17-18,20,28,31H,3-5,13,15-16,19H2,1-2H3,(H,34,35)/t28-/m1/s1. The number of aromatic carboxylic acids is 1. The number of fused-ring (bicyclic) bond motifs is 1. The van der Waals surface area contributed by atoms with Crippen LogP contribution in [0.3, 0.4) is 0 Å². The van der Waals surface area contributed by atoms with Gasteiger partial charge in [0.2, 0.25) is 0 Å². The van der Waals surface area contributed by atoms with E-state index >= 15 is 0 Å². The molecule has 0 spiro atoms. The van der Waals surface area contributed by atoms with E-state index in [-0.39, 0.29) is 11.6 Å². The third-order valence-corrected chi connectivity index (χ3v) is 7.75. The molecule has 2 aliphatic rings. The minimum atomic E-state index is -0.948. The average molecular weight is 471 g/mol. The normalized spacial score (nSPS) is 17.9. The molecule has 1 fully saturated rings. The number of anilines is 3. The molecule has 5 rings (SSSR count). The van der Waals surface area contributed by atoms with Crippen molar-refractivity contribution >= 4 is 23.0 Å². The molecule has 3 aromatic rings. The number of nitrogens with one attached hydrogen (secondary N) is 1. The second kappa shape index (κ2) is 10.1. The van der Waals surface area contributed by atoms with Crippen LogP contribution in [0.5, 0.6) is 0 Å². The first-order chi connectivity index (χ1) is 17.0. The van der Waals surface area contributed by atoms with Crippen molar-refractivity contribution < 1.29 is 9.90 Å². The second-order valence-corrected chi connectivity index (χ2v) is 9.96. The van der Waals surface area contributed by atoms with Crippen LogP contribution in [-0.4, -0.2) is 48.1 Å². The molecule has 2 aromatic carbocycles. The topological polar surface area (TPSA) is 68.7 Å². The minimum absolute atomic E-state index is 0.158. The molecular weight excluding hydrogens is 436 g/mol. The molecular formula is C29H34N4O2. The van der Waals surface area contributed by atoms with Crippen molar-refractivity contribution in [2.24, 2.45) is 5.92 Å². The molecule has 1 aliphatic heterocycles. The molecule has 1 atom stereocenters. The molecule has 6 nitrogen and oxygen atoms in total. The number of rotatable bonds is 8. The first kappa shape index (κ1) is 23.4. The van der Waals surface area contributed by atoms with Gasteiger partial charge in [0.05, 0.1) is 23.5 Å². The van der Waals surface area contributed by atoms with Crippen molar-refractivity contribution in [3.05, 3.63) is 83.2 Å². The lowest BCUT2D eigenvalue weighted by atomic mass is 9.81. The van der Waals surface area contributed by atoms with Gasteiger partial charge in [-0.2, -0.15) is 0 Å². The SMILES string of the molecule is CN(c1ccc(CC2CCC2)cc1)c1ccc2c(c1)CCN(C)[C@@H]2CNc1cnccc1C(=O)O. The van der Waals surface area contributed by atoms with Crippen LogP contribution in [0.1, 0.15) is 52.4 Å². The predicted molar refractivity (Wildman–Crippen MR) is 141 cm³/mol. The van der Waals surface area contributed by atoms with Gasteiger partial charge < -0.3 is 15.3 Å². The first-order valence-electron chi connectivity index (χ1n) is 12.6. The predicted octanol–water partition coefficient (Wildman–Crippen LogP) is 5.53. The van der Waals surface area contributed by atoms with Crippen LogP contribution < -0.4 is 10.2 Å². The Morgan fingerprint density at radius 1 is 1.14 bits per heavy atom. The Morgan fingerprint density at radius 3 is 2.63 bits per heavy atom. The molecule has 35 heavy (non-hydrogen) atoms. The molecule has 0 unspecified atom stereocenters. The maximum absolute atomic E-state index is 11.6. The van der Waals surface area contributed by atoms with Crippen LogP contribution in [0.25, 0.3) is 0 Å². The summed E-state index contributed by atoms with van der Waals surface area (Å²) in [6.07, 6.45) is 9.45. The van der Waals surface area contributed by atoms with Crippen LogP contribution in [0.2, 0.25) is 0 Å². The quantitative estimate of drug-likeness (QED) is 0.451. The summed E-state index contributed by atoms with van der Waals surface area (Å²) in [6, 6.07) is 17.5. The number of aromatic nitrogens is 1. The molecule has 0 bridgehead atoms. The van der Waals surface area contributed by atoms with Gasteiger partial charge in [-0.25, -0.2) is 4.79 Å². The fraction of sp³-hybridized carbons (Fsp3) is 0.379. The highest BCUT2D eigenvalue weighted by Crippen LogP contribution is 2.34. The third-order valence-electron chi connectivity index (χ3n) is 7.75. The summed E-state index contributed by atoms with van der Waals surface area (Å²) >= 11 is 0. The smallest absolute Gasteiger partial charge is 0.337 e. The Labute approximate surface area is 207 Å². The van der Waals surface area contributed by atoms with Gasteiger partial charge in [0.1, 0.15) is 0 Å². The van der Waals surface area contributed by atoms with E-state index in [2.05, 4.69) is 76.7 Å². The number of likely N-dealkylation sites (N-methyl/N-ethyl adjacent to an activating group) is 1. The Morgan fingerprint density at radius 2 is 1.91 bits per heavy atom. The Hall–Kier alpha value is -3.38. The summed E-state index contributed by atoms with van der Waals surface area (Å²) in [5, 5.41) is 12.8. The number of hydrogen-bond donors (Lipinski definition) is 2. The molecule has 2 N–H and O–H groups in total. The molecule has 0 radical (unpaired) electrons. The van der Waals surface area contributed by atoms with E-state index in [1.54, 1.807) is 6.20 Å². The summed E-state index contributed by atoms with van der Waals surface area (Å²) in [6.45, 7) is 1.58. The van der Waals surface area contributed by atoms with Crippen molar-refractivity contribution in [2.45, 2.75) is 38.1 Å². The van der Waals surface area contributed by atoms with E-state index in [1.807, 2.05) is 0 Å². The van der Waals surface area contributed by atoms with Crippen LogP contribution in [0.4, 0.5) is 17.1 Å². The van der Waals surface area contributed by atoms with Gasteiger partial charge in [-0.05, 0) is 72.8 Å². The first-order valence-corrected chi connectivity index (χ1v) is 12.6. The van der Waals surface area contributed by atoms with Gasteiger partial charge in [0, 0.05) is 37.7 Å². The highest BCUT2D eigenvalue weighted by Gasteiger charge is 2.26. The van der Waals surface area contributed by atoms with Crippen molar-refractivity contribution in [3.8, 4) is 0 Å². The molecule has 0 saturated heterocycles. The van der Waals surface area contributed by atoms with Crippen molar-refractivity contribution in [3.63, 3.8) is 0 Å². The number of hydrogen-bond acceptors (Lipinski definition) is 5. The molecule has 1 saturated carbocycles. The van der Waals surface area contributed by atoms with Gasteiger partial charge in [0.15, 0.2) is 0 Å². The Balaban J connectivity index is 1.31. The van der Waals surface area contributed by atoms with Crippen molar-refractivity contribution in [2.75, 3.05) is 37.4 Å². The summed E-state index contributed by atoms with van der Waals surface area (Å²) in [5.74, 6) is -0.0651. The summed E-state index contributed by atoms with van der Waals surface area (Å²) in [7, 11) is 4.26. The lowest BCUT2D eigenvalue weighted by molar-refractivity contribution is 0.0697. The van der Waals surface area contributed by atoms with E-state index in [0.29, 0.717) is 12.2 Å². The highest BCUT2D eigenvalue weighted by molar-refractivity contribution is 5.93. The fourth-order valence-electron chi connectivity index (χ4n) is 5.26. The lowest BCUT2D eigenvalue weighted by Crippen LogP contribution is -2.36. The number of carbonyl (C=O) groups is 1. The van der Waals surface area contributed by atoms with Gasteiger partial charge in [-0.1, -0.05) is 37.5 Å². The molecule has 6 heteroatoms. The average Bonchev–Trinajstić information content (AvgIpc) is 2.85. The van der Waals surface area contributed by atoms with Gasteiger partial charge in [0.25, 0.3) is 0 Å². The van der Waals surface area contributed by atoms with Crippen molar-refractivity contribution in [1.82, 2.24) is 9.88 Å². The zero-order chi connectivity index (χ0) is 24.4. The minimum Gasteiger partial charge on any atom is -0.478 e. The Kier molecular flexibility index (Phi) is 6.73. The number of benzene rings is 2. The maximum Gasteiger partial charge on any atom is 0.337 e. The summed E-state index contributed by atoms with van der Waals surface area (Å²) in [4.78, 5) is 20.2. The van der Waals surface area contributed by atoms with E-state index in [1.165, 1.54) is 66.0 Å². The lowest BCUT2D eigenvalue weighted by Gasteiger charge is -2.36. The van der Waals surface area contributed by atoms with Crippen LogP contribution >= 0.6 is 0 Å². The largest absolute Gasteiger partial charge is 0.478 e. The molecule has 2 heterocycles. The molecule has 1 aliphatic carbocycles. The Bertz CT molecular complexity index is 1190. The monoisotopic (exact) mass is 470 g/mol. The summed E-state index contributed by atoms with van der Waals surface area (Å²) < 4.78 is 0. The van der Waals surface area contributed by atoms with Gasteiger partial charge in [-0.3, -0.25) is 9.88 Å². The number of pyridine rings is 1. The van der Waals surface area contributed by atoms with E-state index in [0.717, 1.165) is 18.9 Å². The molecule has 0 amide bonds. The number of nitrogens with zero attached hydrogens (tertiary/aromatic N) is 3. The molecule has 1 aromatic heterocycles. The second-order valence-electron chi connectivity index (χ2n) is 9.96. The zero-order valence-electron chi connectivity index (χ0n) is 20.6. The number of carboxylic acids is 1. The van der Waals surface area contributed by atoms with E-state index in [9.17, 15) is 9.90 Å². The molecule has 182 valence electrons.